The summed E-state index contributed by atoms with van der Waals surface area (Å²) >= 11 is 0. The fourth-order valence-electron chi connectivity index (χ4n) is 1.91. The van der Waals surface area contributed by atoms with E-state index >= 15 is 0 Å². The number of nitrogens with one attached hydrogen (secondary N) is 1. The van der Waals surface area contributed by atoms with Gasteiger partial charge in [0, 0.05) is 12.2 Å². The van der Waals surface area contributed by atoms with Gasteiger partial charge in [-0.2, -0.15) is 0 Å². The predicted octanol–water partition coefficient (Wildman–Crippen LogP) is 4.79. The lowest BCUT2D eigenvalue weighted by Gasteiger charge is -2.09. The molecule has 0 saturated heterocycles. The molecular formula is C18H23NO. The molecule has 0 atom stereocenters. The van der Waals surface area contributed by atoms with Crippen LogP contribution in [0, 0.1) is 6.92 Å². The van der Waals surface area contributed by atoms with Gasteiger partial charge in [0.1, 0.15) is 5.75 Å². The van der Waals surface area contributed by atoms with Gasteiger partial charge in [-0.05, 0) is 43.2 Å². The maximum absolute atomic E-state index is 5.65. The molecule has 2 nitrogen and oxygen atoms in total. The Morgan fingerprint density at radius 1 is 0.950 bits per heavy atom. The van der Waals surface area contributed by atoms with E-state index in [1.807, 2.05) is 12.1 Å². The van der Waals surface area contributed by atoms with E-state index in [1.165, 1.54) is 11.1 Å². The summed E-state index contributed by atoms with van der Waals surface area (Å²) in [6, 6.07) is 16.8. The van der Waals surface area contributed by atoms with Crippen LogP contribution in [-0.2, 0) is 6.54 Å². The standard InChI is InChI=1S/C18H23NO/c1-3-4-13-20-18-11-9-17(10-12-18)19-14-16-7-5-15(2)6-8-16/h5-12,19H,3-4,13-14H2,1-2H3. The van der Waals surface area contributed by atoms with Crippen molar-refractivity contribution in [3.05, 3.63) is 59.7 Å². The van der Waals surface area contributed by atoms with Crippen molar-refractivity contribution in [2.45, 2.75) is 33.2 Å². The predicted molar refractivity (Wildman–Crippen MR) is 85.4 cm³/mol. The SMILES string of the molecule is CCCCOc1ccc(NCc2ccc(C)cc2)cc1. The molecule has 106 valence electrons. The van der Waals surface area contributed by atoms with Gasteiger partial charge in [-0.1, -0.05) is 43.2 Å². The van der Waals surface area contributed by atoms with Gasteiger partial charge in [-0.15, -0.1) is 0 Å². The molecule has 2 heteroatoms. The van der Waals surface area contributed by atoms with Crippen molar-refractivity contribution in [2.75, 3.05) is 11.9 Å². The molecule has 0 saturated carbocycles. The smallest absolute Gasteiger partial charge is 0.119 e. The second-order valence-electron chi connectivity index (χ2n) is 5.07. The molecule has 0 aliphatic rings. The first-order valence-electron chi connectivity index (χ1n) is 7.30. The fourth-order valence-corrected chi connectivity index (χ4v) is 1.91. The summed E-state index contributed by atoms with van der Waals surface area (Å²) in [6.07, 6.45) is 2.27. The summed E-state index contributed by atoms with van der Waals surface area (Å²) in [5.74, 6) is 0.944. The van der Waals surface area contributed by atoms with Gasteiger partial charge >= 0.3 is 0 Å². The highest BCUT2D eigenvalue weighted by molar-refractivity contribution is 5.46. The number of rotatable bonds is 7. The lowest BCUT2D eigenvalue weighted by atomic mass is 10.1. The van der Waals surface area contributed by atoms with Gasteiger partial charge in [0.2, 0.25) is 0 Å². The fraction of sp³-hybridized carbons (Fsp3) is 0.333. The van der Waals surface area contributed by atoms with Crippen LogP contribution in [-0.4, -0.2) is 6.61 Å². The van der Waals surface area contributed by atoms with Gasteiger partial charge in [-0.3, -0.25) is 0 Å². The molecule has 2 rings (SSSR count). The molecule has 0 spiro atoms. The largest absolute Gasteiger partial charge is 0.494 e. The van der Waals surface area contributed by atoms with Gasteiger partial charge in [-0.25, -0.2) is 0 Å². The number of benzene rings is 2. The minimum atomic E-state index is 0.798. The first-order valence-corrected chi connectivity index (χ1v) is 7.30. The van der Waals surface area contributed by atoms with Crippen molar-refractivity contribution in [3.8, 4) is 5.75 Å². The lowest BCUT2D eigenvalue weighted by Crippen LogP contribution is -2.00. The van der Waals surface area contributed by atoms with E-state index in [1.54, 1.807) is 0 Å². The van der Waals surface area contributed by atoms with Crippen molar-refractivity contribution >= 4 is 5.69 Å². The van der Waals surface area contributed by atoms with Gasteiger partial charge < -0.3 is 10.1 Å². The quantitative estimate of drug-likeness (QED) is 0.730. The van der Waals surface area contributed by atoms with E-state index in [9.17, 15) is 0 Å². The number of anilines is 1. The Kier molecular flexibility index (Phi) is 5.48. The van der Waals surface area contributed by atoms with Crippen molar-refractivity contribution < 1.29 is 4.74 Å². The zero-order valence-corrected chi connectivity index (χ0v) is 12.4. The van der Waals surface area contributed by atoms with E-state index in [2.05, 4.69) is 55.6 Å². The van der Waals surface area contributed by atoms with E-state index < -0.39 is 0 Å². The molecule has 20 heavy (non-hydrogen) atoms. The van der Waals surface area contributed by atoms with E-state index in [0.717, 1.165) is 37.4 Å². The number of unbranched alkanes of at least 4 members (excludes halogenated alkanes) is 1. The Bertz CT molecular complexity index is 502. The Balaban J connectivity index is 1.82. The minimum Gasteiger partial charge on any atom is -0.494 e. The van der Waals surface area contributed by atoms with E-state index in [4.69, 9.17) is 4.74 Å². The summed E-state index contributed by atoms with van der Waals surface area (Å²) in [6.45, 7) is 5.92. The Morgan fingerprint density at radius 2 is 1.65 bits per heavy atom. The molecule has 0 aromatic heterocycles. The first-order chi connectivity index (χ1) is 9.78. The highest BCUT2D eigenvalue weighted by Gasteiger charge is 1.96. The van der Waals surface area contributed by atoms with Crippen LogP contribution in [0.3, 0.4) is 0 Å². The summed E-state index contributed by atoms with van der Waals surface area (Å²) in [7, 11) is 0. The topological polar surface area (TPSA) is 21.3 Å². The normalized spacial score (nSPS) is 10.3. The highest BCUT2D eigenvalue weighted by atomic mass is 16.5. The number of hydrogen-bond acceptors (Lipinski definition) is 2. The van der Waals surface area contributed by atoms with E-state index in [-0.39, 0.29) is 0 Å². The van der Waals surface area contributed by atoms with Crippen LogP contribution in [0.5, 0.6) is 5.75 Å². The maximum atomic E-state index is 5.65. The molecule has 0 heterocycles. The van der Waals surface area contributed by atoms with Crippen LogP contribution < -0.4 is 10.1 Å². The summed E-state index contributed by atoms with van der Waals surface area (Å²) in [5, 5.41) is 3.42. The second-order valence-corrected chi connectivity index (χ2v) is 5.07. The zero-order chi connectivity index (χ0) is 14.2. The third kappa shape index (κ3) is 4.61. The monoisotopic (exact) mass is 269 g/mol. The summed E-state index contributed by atoms with van der Waals surface area (Å²) < 4.78 is 5.65. The molecule has 0 bridgehead atoms. The summed E-state index contributed by atoms with van der Waals surface area (Å²) in [4.78, 5) is 0. The molecule has 2 aromatic carbocycles. The van der Waals surface area contributed by atoms with E-state index in [0.29, 0.717) is 0 Å². The second kappa shape index (κ2) is 7.59. The molecule has 0 fully saturated rings. The number of hydrogen-bond donors (Lipinski definition) is 1. The Morgan fingerprint density at radius 3 is 2.30 bits per heavy atom. The number of aryl methyl sites for hydroxylation is 1. The average molecular weight is 269 g/mol. The van der Waals surface area contributed by atoms with Gasteiger partial charge in [0.15, 0.2) is 0 Å². The Labute approximate surface area is 121 Å². The third-order valence-corrected chi connectivity index (χ3v) is 3.24. The molecule has 0 unspecified atom stereocenters. The third-order valence-electron chi connectivity index (χ3n) is 3.24. The van der Waals surface area contributed by atoms with Crippen molar-refractivity contribution in [3.63, 3.8) is 0 Å². The van der Waals surface area contributed by atoms with Crippen LogP contribution in [0.1, 0.15) is 30.9 Å². The number of ether oxygens (including phenoxy) is 1. The zero-order valence-electron chi connectivity index (χ0n) is 12.4. The molecule has 0 radical (unpaired) electrons. The molecule has 0 aliphatic heterocycles. The van der Waals surface area contributed by atoms with Gasteiger partial charge in [0.25, 0.3) is 0 Å². The highest BCUT2D eigenvalue weighted by Crippen LogP contribution is 2.17. The van der Waals surface area contributed by atoms with Crippen molar-refractivity contribution in [2.24, 2.45) is 0 Å². The average Bonchev–Trinajstić information content (AvgIpc) is 2.48. The maximum Gasteiger partial charge on any atom is 0.119 e. The molecule has 2 aromatic rings. The molecular weight excluding hydrogens is 246 g/mol. The molecule has 1 N–H and O–H groups in total. The molecule has 0 amide bonds. The summed E-state index contributed by atoms with van der Waals surface area (Å²) in [5.41, 5.74) is 3.70. The van der Waals surface area contributed by atoms with Gasteiger partial charge in [0.05, 0.1) is 6.61 Å². The van der Waals surface area contributed by atoms with Crippen LogP contribution in [0.15, 0.2) is 48.5 Å². The van der Waals surface area contributed by atoms with Crippen molar-refractivity contribution in [1.29, 1.82) is 0 Å². The van der Waals surface area contributed by atoms with Crippen LogP contribution in [0.4, 0.5) is 5.69 Å². The Hall–Kier alpha value is -1.96. The first kappa shape index (κ1) is 14.4. The lowest BCUT2D eigenvalue weighted by molar-refractivity contribution is 0.309. The van der Waals surface area contributed by atoms with Crippen LogP contribution in [0.2, 0.25) is 0 Å². The van der Waals surface area contributed by atoms with Crippen molar-refractivity contribution in [1.82, 2.24) is 0 Å². The van der Waals surface area contributed by atoms with Crippen LogP contribution in [0.25, 0.3) is 0 Å². The van der Waals surface area contributed by atoms with Crippen LogP contribution >= 0.6 is 0 Å². The minimum absolute atomic E-state index is 0.798. The molecule has 0 aliphatic carbocycles.